The van der Waals surface area contributed by atoms with Crippen LogP contribution in [0.3, 0.4) is 0 Å². The molecule has 1 aliphatic carbocycles. The van der Waals surface area contributed by atoms with Crippen LogP contribution >= 0.6 is 11.5 Å². The zero-order valence-electron chi connectivity index (χ0n) is 21.7. The third-order valence-corrected chi connectivity index (χ3v) is 7.55. The Balaban J connectivity index is 1.78. The van der Waals surface area contributed by atoms with Gasteiger partial charge in [0, 0.05) is 12.6 Å². The molecule has 0 aliphatic heterocycles. The van der Waals surface area contributed by atoms with Crippen LogP contribution in [0, 0.1) is 5.82 Å². The summed E-state index contributed by atoms with van der Waals surface area (Å²) in [6.45, 7) is 2.32. The van der Waals surface area contributed by atoms with Gasteiger partial charge in [-0.3, -0.25) is 14.4 Å². The lowest BCUT2D eigenvalue weighted by Gasteiger charge is -2.33. The maximum Gasteiger partial charge on any atom is 0.270 e. The van der Waals surface area contributed by atoms with Gasteiger partial charge in [-0.25, -0.2) is 4.39 Å². The van der Waals surface area contributed by atoms with Crippen LogP contribution in [0.2, 0.25) is 0 Å². The maximum absolute atomic E-state index is 14.0. The van der Waals surface area contributed by atoms with E-state index in [0.717, 1.165) is 43.6 Å². The largest absolute Gasteiger partial charge is 0.494 e. The average molecular weight is 554 g/mol. The zero-order valence-corrected chi connectivity index (χ0v) is 22.5. The van der Waals surface area contributed by atoms with E-state index in [0.29, 0.717) is 23.5 Å². The van der Waals surface area contributed by atoms with E-state index < -0.39 is 23.7 Å². The van der Waals surface area contributed by atoms with Crippen LogP contribution in [0.15, 0.2) is 48.5 Å². The molecule has 1 heterocycles. The second-order valence-electron chi connectivity index (χ2n) is 9.45. The number of anilines is 1. The Morgan fingerprint density at radius 1 is 1.10 bits per heavy atom. The van der Waals surface area contributed by atoms with Gasteiger partial charge in [0.2, 0.25) is 5.91 Å². The van der Waals surface area contributed by atoms with Crippen molar-refractivity contribution in [2.45, 2.75) is 57.7 Å². The van der Waals surface area contributed by atoms with Crippen molar-refractivity contribution in [3.05, 3.63) is 76.0 Å². The lowest BCUT2D eigenvalue weighted by atomic mass is 9.94. The molecule has 5 N–H and O–H groups in total. The van der Waals surface area contributed by atoms with Crippen molar-refractivity contribution in [3.8, 4) is 5.75 Å². The van der Waals surface area contributed by atoms with Crippen LogP contribution < -0.4 is 21.5 Å². The molecule has 206 valence electrons. The molecule has 0 spiro atoms. The van der Waals surface area contributed by atoms with Crippen molar-refractivity contribution in [2.24, 2.45) is 5.73 Å². The smallest absolute Gasteiger partial charge is 0.270 e. The third-order valence-electron chi connectivity index (χ3n) is 6.70. The molecule has 0 unspecified atom stereocenters. The van der Waals surface area contributed by atoms with Crippen LogP contribution in [0.5, 0.6) is 5.75 Å². The predicted octanol–water partition coefficient (Wildman–Crippen LogP) is 4.19. The first-order valence-electron chi connectivity index (χ1n) is 12.9. The number of rotatable bonds is 10. The first kappa shape index (κ1) is 28.0. The number of halogens is 1. The fourth-order valence-electron chi connectivity index (χ4n) is 4.74. The summed E-state index contributed by atoms with van der Waals surface area (Å²) in [6.07, 6.45) is 4.87. The van der Waals surface area contributed by atoms with Gasteiger partial charge in [0.25, 0.3) is 11.8 Å². The van der Waals surface area contributed by atoms with Crippen molar-refractivity contribution < 1.29 is 23.5 Å². The molecule has 0 bridgehead atoms. The lowest BCUT2D eigenvalue weighted by Crippen LogP contribution is -2.46. The SMILES string of the molecule is CCOc1ccc([C@H](C(=O)NC2CCCCC2)N(Cc2ccc(F)cc2)C(=O)c2snc(C(N)=O)c2N)cc1. The van der Waals surface area contributed by atoms with Gasteiger partial charge < -0.3 is 26.4 Å². The Bertz CT molecular complexity index is 1310. The Labute approximate surface area is 230 Å². The summed E-state index contributed by atoms with van der Waals surface area (Å²) >= 11 is 0.744. The van der Waals surface area contributed by atoms with Gasteiger partial charge in [0.05, 0.1) is 12.3 Å². The second-order valence-corrected chi connectivity index (χ2v) is 10.2. The van der Waals surface area contributed by atoms with Gasteiger partial charge in [-0.2, -0.15) is 4.37 Å². The first-order chi connectivity index (χ1) is 18.8. The van der Waals surface area contributed by atoms with Crippen molar-refractivity contribution in [2.75, 3.05) is 12.3 Å². The quantitative estimate of drug-likeness (QED) is 0.344. The van der Waals surface area contributed by atoms with Crippen LogP contribution in [-0.2, 0) is 11.3 Å². The van der Waals surface area contributed by atoms with E-state index in [4.69, 9.17) is 16.2 Å². The standard InChI is InChI=1S/C28H32FN5O4S/c1-2-38-21-14-10-18(11-15-21)24(27(36)32-20-6-4-3-5-7-20)34(16-17-8-12-19(29)13-9-17)28(37)25-22(30)23(26(31)35)33-39-25/h8-15,20,24H,2-7,16,30H2,1H3,(H2,31,35)(H,32,36)/t24-/m1/s1. The van der Waals surface area contributed by atoms with Crippen LogP contribution in [0.25, 0.3) is 0 Å². The predicted molar refractivity (Wildman–Crippen MR) is 147 cm³/mol. The number of nitrogen functional groups attached to an aromatic ring is 1. The van der Waals surface area contributed by atoms with E-state index in [-0.39, 0.29) is 34.8 Å². The number of primary amides is 1. The second kappa shape index (κ2) is 12.7. The molecule has 1 atom stereocenters. The number of benzene rings is 2. The van der Waals surface area contributed by atoms with Crippen molar-refractivity contribution in [1.29, 1.82) is 0 Å². The number of aromatic nitrogens is 1. The highest BCUT2D eigenvalue weighted by molar-refractivity contribution is 7.09. The molecule has 9 nitrogen and oxygen atoms in total. The molecule has 11 heteroatoms. The van der Waals surface area contributed by atoms with Crippen LogP contribution in [-0.4, -0.2) is 39.6 Å². The number of nitrogens with one attached hydrogen (secondary N) is 1. The molecule has 4 rings (SSSR count). The summed E-state index contributed by atoms with van der Waals surface area (Å²) in [7, 11) is 0. The molecule has 1 aromatic heterocycles. The average Bonchev–Trinajstić information content (AvgIpc) is 3.32. The van der Waals surface area contributed by atoms with Gasteiger partial charge in [0.15, 0.2) is 5.69 Å². The monoisotopic (exact) mass is 553 g/mol. The number of hydrogen-bond acceptors (Lipinski definition) is 7. The van der Waals surface area contributed by atoms with E-state index in [9.17, 15) is 18.8 Å². The Morgan fingerprint density at radius 3 is 2.36 bits per heavy atom. The van der Waals surface area contributed by atoms with Crippen LogP contribution in [0.1, 0.15) is 76.4 Å². The summed E-state index contributed by atoms with van der Waals surface area (Å²) in [5.41, 5.74) is 12.3. The molecule has 0 radical (unpaired) electrons. The van der Waals surface area contributed by atoms with Gasteiger partial charge >= 0.3 is 0 Å². The molecule has 1 fully saturated rings. The summed E-state index contributed by atoms with van der Waals surface area (Å²) in [5.74, 6) is -1.60. The molecule has 1 aliphatic rings. The number of nitrogens with zero attached hydrogens (tertiary/aromatic N) is 2. The molecule has 3 amide bonds. The first-order valence-corrected chi connectivity index (χ1v) is 13.7. The number of carbonyl (C=O) groups is 3. The van der Waals surface area contributed by atoms with E-state index in [2.05, 4.69) is 9.69 Å². The zero-order chi connectivity index (χ0) is 27.9. The number of hydrogen-bond donors (Lipinski definition) is 3. The lowest BCUT2D eigenvalue weighted by molar-refractivity contribution is -0.127. The minimum absolute atomic E-state index is 0.00541. The minimum Gasteiger partial charge on any atom is -0.494 e. The fraction of sp³-hybridized carbons (Fsp3) is 0.357. The summed E-state index contributed by atoms with van der Waals surface area (Å²) in [5, 5.41) is 3.14. The molecule has 2 aromatic carbocycles. The van der Waals surface area contributed by atoms with E-state index >= 15 is 0 Å². The van der Waals surface area contributed by atoms with Gasteiger partial charge in [-0.15, -0.1) is 0 Å². The maximum atomic E-state index is 14.0. The molecular weight excluding hydrogens is 521 g/mol. The number of amides is 3. The fourth-order valence-corrected chi connectivity index (χ4v) is 5.50. The van der Waals surface area contributed by atoms with Gasteiger partial charge in [0.1, 0.15) is 22.5 Å². The molecule has 39 heavy (non-hydrogen) atoms. The summed E-state index contributed by atoms with van der Waals surface area (Å²) < 4.78 is 23.2. The van der Waals surface area contributed by atoms with Crippen molar-refractivity contribution >= 4 is 34.9 Å². The van der Waals surface area contributed by atoms with Gasteiger partial charge in [-0.05, 0) is 66.7 Å². The number of carbonyl (C=O) groups excluding carboxylic acids is 3. The number of ether oxygens (including phenoxy) is 1. The Morgan fingerprint density at radius 2 is 1.77 bits per heavy atom. The normalized spacial score (nSPS) is 14.4. The van der Waals surface area contributed by atoms with Crippen molar-refractivity contribution in [1.82, 2.24) is 14.6 Å². The highest BCUT2D eigenvalue weighted by Crippen LogP contribution is 2.32. The topological polar surface area (TPSA) is 141 Å². The highest BCUT2D eigenvalue weighted by atomic mass is 32.1. The van der Waals surface area contributed by atoms with Crippen LogP contribution in [0.4, 0.5) is 10.1 Å². The third kappa shape index (κ3) is 6.72. The van der Waals surface area contributed by atoms with E-state index in [1.165, 1.54) is 17.0 Å². The Hall–Kier alpha value is -3.99. The minimum atomic E-state index is -1.06. The number of nitrogens with two attached hydrogens (primary N) is 2. The Kier molecular flexibility index (Phi) is 9.13. The van der Waals surface area contributed by atoms with Crippen molar-refractivity contribution in [3.63, 3.8) is 0 Å². The highest BCUT2D eigenvalue weighted by Gasteiger charge is 2.36. The van der Waals surface area contributed by atoms with Gasteiger partial charge in [-0.1, -0.05) is 43.5 Å². The molecule has 3 aromatic rings. The summed E-state index contributed by atoms with van der Waals surface area (Å²) in [4.78, 5) is 41.1. The molecule has 1 saturated carbocycles. The van der Waals surface area contributed by atoms with E-state index in [1.54, 1.807) is 36.4 Å². The molecular formula is C28H32FN5O4S. The van der Waals surface area contributed by atoms with E-state index in [1.807, 2.05) is 6.92 Å². The summed E-state index contributed by atoms with van der Waals surface area (Å²) in [6, 6.07) is 11.6. The molecule has 0 saturated heterocycles.